The van der Waals surface area contributed by atoms with Gasteiger partial charge in [-0.15, -0.1) is 0 Å². The highest BCUT2D eigenvalue weighted by Gasteiger charge is 2.16. The number of hydrogen-bond donors (Lipinski definition) is 1. The van der Waals surface area contributed by atoms with E-state index in [0.29, 0.717) is 34.9 Å². The molecule has 2 aromatic carbocycles. The molecule has 7 heteroatoms. The molecule has 0 radical (unpaired) electrons. The second kappa shape index (κ2) is 7.57. The highest BCUT2D eigenvalue weighted by atomic mass is 32.2. The summed E-state index contributed by atoms with van der Waals surface area (Å²) in [6.07, 6.45) is 1.14. The van der Waals surface area contributed by atoms with Crippen molar-refractivity contribution in [2.24, 2.45) is 0 Å². The number of aryl methyl sites for hydroxylation is 1. The number of sulfonamides is 1. The molecule has 0 heterocycles. The molecule has 1 N–H and O–H groups in total. The summed E-state index contributed by atoms with van der Waals surface area (Å²) in [5, 5.41) is 2.81. The van der Waals surface area contributed by atoms with E-state index in [1.54, 1.807) is 43.3 Å². The molecule has 0 aliphatic carbocycles. The van der Waals surface area contributed by atoms with Crippen LogP contribution in [0.25, 0.3) is 0 Å². The zero-order valence-corrected chi connectivity index (χ0v) is 15.6. The van der Waals surface area contributed by atoms with Gasteiger partial charge in [-0.2, -0.15) is 0 Å². The van der Waals surface area contributed by atoms with E-state index in [9.17, 15) is 13.2 Å². The van der Waals surface area contributed by atoms with Crippen molar-refractivity contribution in [3.63, 3.8) is 0 Å². The van der Waals surface area contributed by atoms with E-state index in [1.165, 1.54) is 11.4 Å². The van der Waals surface area contributed by atoms with Gasteiger partial charge in [0, 0.05) is 24.4 Å². The Kier molecular flexibility index (Phi) is 5.69. The first-order valence-corrected chi connectivity index (χ1v) is 9.66. The maximum Gasteiger partial charge on any atom is 0.255 e. The van der Waals surface area contributed by atoms with Gasteiger partial charge in [0.15, 0.2) is 0 Å². The largest absolute Gasteiger partial charge is 0.494 e. The van der Waals surface area contributed by atoms with Crippen LogP contribution in [0.1, 0.15) is 22.8 Å². The Morgan fingerprint density at radius 2 is 1.92 bits per heavy atom. The molecule has 134 valence electrons. The number of hydrogen-bond acceptors (Lipinski definition) is 4. The number of nitrogens with zero attached hydrogens (tertiary/aromatic N) is 1. The fourth-order valence-electron chi connectivity index (χ4n) is 2.36. The Morgan fingerprint density at radius 1 is 1.20 bits per heavy atom. The Bertz CT molecular complexity index is 878. The van der Waals surface area contributed by atoms with Crippen molar-refractivity contribution >= 4 is 27.3 Å². The lowest BCUT2D eigenvalue weighted by molar-refractivity contribution is 0.102. The summed E-state index contributed by atoms with van der Waals surface area (Å²) in [6, 6.07) is 12.0. The lowest BCUT2D eigenvalue weighted by Crippen LogP contribution is -2.25. The average Bonchev–Trinajstić information content (AvgIpc) is 2.54. The molecular formula is C18H22N2O4S. The normalized spacial score (nSPS) is 11.0. The van der Waals surface area contributed by atoms with E-state index in [4.69, 9.17) is 4.74 Å². The summed E-state index contributed by atoms with van der Waals surface area (Å²) < 4.78 is 29.9. The number of carbonyl (C=O) groups is 1. The van der Waals surface area contributed by atoms with Crippen LogP contribution in [0.2, 0.25) is 0 Å². The molecule has 0 aliphatic heterocycles. The van der Waals surface area contributed by atoms with E-state index in [0.717, 1.165) is 6.26 Å². The molecule has 0 saturated heterocycles. The first-order valence-electron chi connectivity index (χ1n) is 7.81. The van der Waals surface area contributed by atoms with Gasteiger partial charge in [-0.1, -0.05) is 6.07 Å². The number of amides is 1. The van der Waals surface area contributed by atoms with Crippen molar-refractivity contribution in [3.05, 3.63) is 53.6 Å². The Hall–Kier alpha value is -2.54. The second-order valence-electron chi connectivity index (χ2n) is 5.65. The number of ether oxygens (including phenoxy) is 1. The van der Waals surface area contributed by atoms with E-state index >= 15 is 0 Å². The first kappa shape index (κ1) is 18.8. The monoisotopic (exact) mass is 362 g/mol. The molecule has 0 spiro atoms. The molecule has 2 rings (SSSR count). The third kappa shape index (κ3) is 4.73. The summed E-state index contributed by atoms with van der Waals surface area (Å²) in [5.74, 6) is 0.409. The van der Waals surface area contributed by atoms with Gasteiger partial charge in [0.05, 0.1) is 18.6 Å². The molecule has 0 aliphatic rings. The topological polar surface area (TPSA) is 75.7 Å². The van der Waals surface area contributed by atoms with Crippen LogP contribution in [0.3, 0.4) is 0 Å². The molecule has 0 atom stereocenters. The van der Waals surface area contributed by atoms with Crippen molar-refractivity contribution < 1.29 is 17.9 Å². The number of nitrogens with one attached hydrogen (secondary N) is 1. The van der Waals surface area contributed by atoms with Crippen LogP contribution in [-0.2, 0) is 10.0 Å². The zero-order valence-electron chi connectivity index (χ0n) is 14.7. The Balaban J connectivity index is 2.20. The lowest BCUT2D eigenvalue weighted by atomic mass is 10.1. The number of benzene rings is 2. The quantitative estimate of drug-likeness (QED) is 0.857. The van der Waals surface area contributed by atoms with Gasteiger partial charge < -0.3 is 10.1 Å². The summed E-state index contributed by atoms with van der Waals surface area (Å²) in [7, 11) is -1.87. The number of anilines is 2. The Labute approximate surface area is 148 Å². The van der Waals surface area contributed by atoms with Gasteiger partial charge in [0.1, 0.15) is 5.75 Å². The van der Waals surface area contributed by atoms with E-state index < -0.39 is 10.0 Å². The summed E-state index contributed by atoms with van der Waals surface area (Å²) >= 11 is 0. The van der Waals surface area contributed by atoms with E-state index in [1.807, 2.05) is 13.0 Å². The molecule has 0 fully saturated rings. The molecular weight excluding hydrogens is 340 g/mol. The molecule has 1 amide bonds. The van der Waals surface area contributed by atoms with Crippen LogP contribution in [0.5, 0.6) is 5.75 Å². The van der Waals surface area contributed by atoms with Gasteiger partial charge in [-0.05, 0) is 49.7 Å². The van der Waals surface area contributed by atoms with Gasteiger partial charge in [-0.25, -0.2) is 8.42 Å². The van der Waals surface area contributed by atoms with Crippen LogP contribution in [0.15, 0.2) is 42.5 Å². The third-order valence-corrected chi connectivity index (χ3v) is 4.89. The highest BCUT2D eigenvalue weighted by molar-refractivity contribution is 7.92. The minimum Gasteiger partial charge on any atom is -0.494 e. The van der Waals surface area contributed by atoms with Crippen molar-refractivity contribution in [3.8, 4) is 5.75 Å². The van der Waals surface area contributed by atoms with Gasteiger partial charge in [0.2, 0.25) is 10.0 Å². The minimum absolute atomic E-state index is 0.273. The van der Waals surface area contributed by atoms with Crippen LogP contribution in [0, 0.1) is 6.92 Å². The molecule has 0 bridgehead atoms. The lowest BCUT2D eigenvalue weighted by Gasteiger charge is -2.19. The van der Waals surface area contributed by atoms with Crippen molar-refractivity contribution in [1.82, 2.24) is 0 Å². The van der Waals surface area contributed by atoms with Crippen LogP contribution < -0.4 is 14.4 Å². The van der Waals surface area contributed by atoms with Gasteiger partial charge in [-0.3, -0.25) is 9.10 Å². The van der Waals surface area contributed by atoms with E-state index in [-0.39, 0.29) is 5.91 Å². The highest BCUT2D eigenvalue weighted by Crippen LogP contribution is 2.23. The standard InChI is InChI=1S/C18H22N2O4S/c1-5-24-16-8-6-7-15(12-16)19-18(21)14-9-10-17(13(2)11-14)20(3)25(4,22)23/h6-12H,5H2,1-4H3,(H,19,21). The Morgan fingerprint density at radius 3 is 2.52 bits per heavy atom. The molecule has 0 unspecified atom stereocenters. The maximum atomic E-state index is 12.4. The van der Waals surface area contributed by atoms with E-state index in [2.05, 4.69) is 5.32 Å². The van der Waals surface area contributed by atoms with Crippen LogP contribution in [-0.4, -0.2) is 34.2 Å². The maximum absolute atomic E-state index is 12.4. The smallest absolute Gasteiger partial charge is 0.255 e. The number of carbonyl (C=O) groups excluding carboxylic acids is 1. The molecule has 6 nitrogen and oxygen atoms in total. The summed E-state index contributed by atoms with van der Waals surface area (Å²) in [4.78, 5) is 12.4. The molecule has 2 aromatic rings. The van der Waals surface area contributed by atoms with Crippen LogP contribution >= 0.6 is 0 Å². The molecule has 0 aromatic heterocycles. The predicted molar refractivity (Wildman–Crippen MR) is 100.0 cm³/mol. The predicted octanol–water partition coefficient (Wildman–Crippen LogP) is 3.04. The average molecular weight is 362 g/mol. The van der Waals surface area contributed by atoms with Crippen LogP contribution in [0.4, 0.5) is 11.4 Å². The van der Waals surface area contributed by atoms with Gasteiger partial charge in [0.25, 0.3) is 5.91 Å². The first-order chi connectivity index (χ1) is 11.7. The van der Waals surface area contributed by atoms with Crippen molar-refractivity contribution in [1.29, 1.82) is 0 Å². The molecule has 0 saturated carbocycles. The second-order valence-corrected chi connectivity index (χ2v) is 7.66. The summed E-state index contributed by atoms with van der Waals surface area (Å²) in [6.45, 7) is 4.21. The molecule has 25 heavy (non-hydrogen) atoms. The zero-order chi connectivity index (χ0) is 18.6. The van der Waals surface area contributed by atoms with Crippen molar-refractivity contribution in [2.75, 3.05) is 29.5 Å². The summed E-state index contributed by atoms with van der Waals surface area (Å²) in [5.41, 5.74) is 2.32. The fraction of sp³-hybridized carbons (Fsp3) is 0.278. The van der Waals surface area contributed by atoms with Crippen molar-refractivity contribution in [2.45, 2.75) is 13.8 Å². The SMILES string of the molecule is CCOc1cccc(NC(=O)c2ccc(N(C)S(C)(=O)=O)c(C)c2)c1. The van der Waals surface area contributed by atoms with Gasteiger partial charge >= 0.3 is 0 Å². The fourth-order valence-corrected chi connectivity index (χ4v) is 2.92. The third-order valence-electron chi connectivity index (χ3n) is 3.70. The number of rotatable bonds is 6. The minimum atomic E-state index is -3.35.